The first-order valence-corrected chi connectivity index (χ1v) is 6.13. The average Bonchev–Trinajstić information content (AvgIpc) is 2.44. The fraction of sp³-hybridized carbons (Fsp3) is 0.267. The Labute approximate surface area is 117 Å². The molecule has 5 heteroatoms. The van der Waals surface area contributed by atoms with Gasteiger partial charge in [-0.15, -0.1) is 0 Å². The van der Waals surface area contributed by atoms with Crippen molar-refractivity contribution in [1.82, 2.24) is 0 Å². The Hall–Kier alpha value is -2.43. The van der Waals surface area contributed by atoms with Crippen molar-refractivity contribution < 1.29 is 23.9 Å². The van der Waals surface area contributed by atoms with Gasteiger partial charge in [0.2, 0.25) is 0 Å². The average molecular weight is 276 g/mol. The fourth-order valence-corrected chi connectivity index (χ4v) is 1.29. The summed E-state index contributed by atoms with van der Waals surface area (Å²) in [6, 6.07) is 8.24. The number of esters is 3. The molecule has 5 nitrogen and oxygen atoms in total. The van der Waals surface area contributed by atoms with Crippen LogP contribution in [0.1, 0.15) is 30.1 Å². The molecule has 0 bridgehead atoms. The molecule has 0 aromatic heterocycles. The van der Waals surface area contributed by atoms with Crippen LogP contribution in [0.15, 0.2) is 42.5 Å². The molecule has 0 amide bonds. The van der Waals surface area contributed by atoms with Crippen molar-refractivity contribution in [1.29, 1.82) is 0 Å². The van der Waals surface area contributed by atoms with Gasteiger partial charge < -0.3 is 9.47 Å². The van der Waals surface area contributed by atoms with Crippen LogP contribution in [0, 0.1) is 0 Å². The van der Waals surface area contributed by atoms with Gasteiger partial charge in [0.25, 0.3) is 0 Å². The number of benzene rings is 1. The van der Waals surface area contributed by atoms with Gasteiger partial charge in [-0.2, -0.15) is 0 Å². The summed E-state index contributed by atoms with van der Waals surface area (Å²) >= 11 is 0. The summed E-state index contributed by atoms with van der Waals surface area (Å²) in [7, 11) is 0. The van der Waals surface area contributed by atoms with Gasteiger partial charge in [-0.05, 0) is 25.5 Å². The van der Waals surface area contributed by atoms with E-state index in [-0.39, 0.29) is 13.0 Å². The van der Waals surface area contributed by atoms with Crippen LogP contribution in [0.25, 0.3) is 0 Å². The van der Waals surface area contributed by atoms with E-state index in [1.54, 1.807) is 30.3 Å². The van der Waals surface area contributed by atoms with Crippen molar-refractivity contribution in [3.63, 3.8) is 0 Å². The van der Waals surface area contributed by atoms with Crippen molar-refractivity contribution in [3.05, 3.63) is 48.0 Å². The van der Waals surface area contributed by atoms with Crippen LogP contribution in [0.2, 0.25) is 0 Å². The maximum atomic E-state index is 11.5. The monoisotopic (exact) mass is 276 g/mol. The van der Waals surface area contributed by atoms with Crippen LogP contribution < -0.4 is 0 Å². The molecule has 0 saturated carbocycles. The molecule has 0 spiro atoms. The first-order chi connectivity index (χ1) is 9.50. The zero-order valence-corrected chi connectivity index (χ0v) is 11.3. The summed E-state index contributed by atoms with van der Waals surface area (Å²) in [5.41, 5.74) is 0.612. The molecule has 0 saturated heterocycles. The third-order valence-electron chi connectivity index (χ3n) is 2.32. The summed E-state index contributed by atoms with van der Waals surface area (Å²) in [4.78, 5) is 34.0. The zero-order chi connectivity index (χ0) is 15.0. The number of hydrogen-bond acceptors (Lipinski definition) is 5. The minimum atomic E-state index is -0.686. The van der Waals surface area contributed by atoms with Crippen molar-refractivity contribution in [2.45, 2.75) is 19.8 Å². The van der Waals surface area contributed by atoms with E-state index in [0.29, 0.717) is 17.6 Å². The molecule has 0 unspecified atom stereocenters. The maximum absolute atomic E-state index is 11.5. The highest BCUT2D eigenvalue weighted by molar-refractivity contribution is 5.96. The normalized spacial score (nSPS) is 9.65. The molecule has 0 aliphatic rings. The lowest BCUT2D eigenvalue weighted by Gasteiger charge is -2.04. The predicted octanol–water partition coefficient (Wildman–Crippen LogP) is 2.27. The highest BCUT2D eigenvalue weighted by Gasteiger charge is 2.12. The third-order valence-corrected chi connectivity index (χ3v) is 2.32. The highest BCUT2D eigenvalue weighted by Crippen LogP contribution is 2.03. The van der Waals surface area contributed by atoms with Gasteiger partial charge in [-0.25, -0.2) is 9.59 Å². The van der Waals surface area contributed by atoms with Gasteiger partial charge in [0.05, 0.1) is 12.2 Å². The minimum absolute atomic E-state index is 0.00203. The summed E-state index contributed by atoms with van der Waals surface area (Å²) < 4.78 is 9.47. The molecule has 1 aromatic rings. The minimum Gasteiger partial charge on any atom is -0.462 e. The van der Waals surface area contributed by atoms with Gasteiger partial charge in [0.1, 0.15) is 0 Å². The van der Waals surface area contributed by atoms with Gasteiger partial charge in [0, 0.05) is 12.0 Å². The van der Waals surface area contributed by atoms with Crippen molar-refractivity contribution in [3.8, 4) is 0 Å². The van der Waals surface area contributed by atoms with E-state index in [4.69, 9.17) is 4.74 Å². The van der Waals surface area contributed by atoms with Crippen molar-refractivity contribution in [2.75, 3.05) is 6.61 Å². The molecule has 0 aliphatic heterocycles. The fourth-order valence-electron chi connectivity index (χ4n) is 1.29. The van der Waals surface area contributed by atoms with E-state index in [1.807, 2.05) is 0 Å². The summed E-state index contributed by atoms with van der Waals surface area (Å²) in [6.07, 6.45) is 0.294. The smallest absolute Gasteiger partial charge is 0.345 e. The van der Waals surface area contributed by atoms with Crippen molar-refractivity contribution >= 4 is 17.9 Å². The molecule has 1 aromatic carbocycles. The number of hydrogen-bond donors (Lipinski definition) is 0. The van der Waals surface area contributed by atoms with Crippen LogP contribution in [0.4, 0.5) is 0 Å². The second-order valence-corrected chi connectivity index (χ2v) is 4.15. The largest absolute Gasteiger partial charge is 0.462 e. The molecule has 0 heterocycles. The van der Waals surface area contributed by atoms with Gasteiger partial charge in [-0.3, -0.25) is 4.79 Å². The third kappa shape index (κ3) is 5.48. The Morgan fingerprint density at radius 1 is 1.15 bits per heavy atom. The highest BCUT2D eigenvalue weighted by atomic mass is 16.6. The van der Waals surface area contributed by atoms with Crippen LogP contribution >= 0.6 is 0 Å². The van der Waals surface area contributed by atoms with E-state index in [9.17, 15) is 14.4 Å². The first kappa shape index (κ1) is 15.6. The Morgan fingerprint density at radius 3 is 2.40 bits per heavy atom. The maximum Gasteiger partial charge on any atom is 0.345 e. The Balaban J connectivity index is 2.26. The summed E-state index contributed by atoms with van der Waals surface area (Å²) in [6.45, 7) is 5.05. The van der Waals surface area contributed by atoms with E-state index in [1.165, 1.54) is 6.92 Å². The van der Waals surface area contributed by atoms with E-state index < -0.39 is 17.9 Å². The van der Waals surface area contributed by atoms with Crippen LogP contribution in [0.3, 0.4) is 0 Å². The number of rotatable bonds is 6. The van der Waals surface area contributed by atoms with E-state index in [0.717, 1.165) is 0 Å². The molecular formula is C15H16O5. The molecule has 106 valence electrons. The predicted molar refractivity (Wildman–Crippen MR) is 71.9 cm³/mol. The lowest BCUT2D eigenvalue weighted by Crippen LogP contribution is -2.14. The van der Waals surface area contributed by atoms with Crippen LogP contribution in [0.5, 0.6) is 0 Å². The number of ether oxygens (including phenoxy) is 2. The molecule has 1 rings (SSSR count). The van der Waals surface area contributed by atoms with Crippen LogP contribution in [-0.4, -0.2) is 24.5 Å². The van der Waals surface area contributed by atoms with Gasteiger partial charge in [-0.1, -0.05) is 24.8 Å². The molecule has 0 aliphatic carbocycles. The lowest BCUT2D eigenvalue weighted by atomic mass is 10.2. The molecule has 0 atom stereocenters. The second-order valence-electron chi connectivity index (χ2n) is 4.15. The molecule has 20 heavy (non-hydrogen) atoms. The zero-order valence-electron chi connectivity index (χ0n) is 11.3. The molecule has 0 radical (unpaired) electrons. The topological polar surface area (TPSA) is 69.7 Å². The standard InChI is InChI=1S/C15H16O5/c1-11(2)14(17)19-10-6-9-13(16)20-15(18)12-7-4-3-5-8-12/h3-5,7-8H,1,6,9-10H2,2H3. The van der Waals surface area contributed by atoms with E-state index >= 15 is 0 Å². The Kier molecular flexibility index (Phi) is 6.16. The Bertz CT molecular complexity index is 504. The molecule has 0 N–H and O–H groups in total. The number of carbonyl (C=O) groups is 3. The van der Waals surface area contributed by atoms with Gasteiger partial charge in [0.15, 0.2) is 0 Å². The lowest BCUT2D eigenvalue weighted by molar-refractivity contribution is -0.142. The second kappa shape index (κ2) is 7.89. The molecule has 0 fully saturated rings. The summed E-state index contributed by atoms with van der Waals surface area (Å²) in [5.74, 6) is -1.83. The summed E-state index contributed by atoms with van der Waals surface area (Å²) in [5, 5.41) is 0. The van der Waals surface area contributed by atoms with Gasteiger partial charge >= 0.3 is 17.9 Å². The Morgan fingerprint density at radius 2 is 1.80 bits per heavy atom. The van der Waals surface area contributed by atoms with Crippen LogP contribution in [-0.2, 0) is 19.1 Å². The van der Waals surface area contributed by atoms with E-state index in [2.05, 4.69) is 11.3 Å². The quantitative estimate of drug-likeness (QED) is 0.345. The van der Waals surface area contributed by atoms with Crippen molar-refractivity contribution in [2.24, 2.45) is 0 Å². The SMILES string of the molecule is C=C(C)C(=O)OCCCC(=O)OC(=O)c1ccccc1. The first-order valence-electron chi connectivity index (χ1n) is 6.13. The number of carbonyl (C=O) groups excluding carboxylic acids is 3. The molecular weight excluding hydrogens is 260 g/mol.